The van der Waals surface area contributed by atoms with Gasteiger partial charge >= 0.3 is 6.03 Å². The van der Waals surface area contributed by atoms with Gasteiger partial charge in [-0.25, -0.2) is 4.79 Å². The van der Waals surface area contributed by atoms with Gasteiger partial charge in [-0.1, -0.05) is 16.6 Å². The third kappa shape index (κ3) is 81.5. The van der Waals surface area contributed by atoms with Gasteiger partial charge in [0.2, 0.25) is 5.91 Å². The van der Waals surface area contributed by atoms with Crippen molar-refractivity contribution in [2.75, 3.05) is 428 Å². The zero-order valence-electron chi connectivity index (χ0n) is 69.2. The Morgan fingerprint density at radius 2 is 0.534 bits per heavy atom. The molecule has 41 nitrogen and oxygen atoms in total. The first-order chi connectivity index (χ1) is 57.6. The molecule has 2 rings (SSSR count). The number of hydrogen-bond acceptors (Lipinski definition) is 35. The third-order valence-corrected chi connectivity index (χ3v) is 17.3. The predicted molar refractivity (Wildman–Crippen MR) is 425 cm³/mol. The summed E-state index contributed by atoms with van der Waals surface area (Å²) in [5.41, 5.74) is 16.6. The zero-order chi connectivity index (χ0) is 82.4. The Kier molecular flexibility index (Phi) is 87.8. The lowest BCUT2D eigenvalue weighted by molar-refractivity contribution is -0.121. The lowest BCUT2D eigenvalue weighted by Crippen LogP contribution is -2.36. The van der Waals surface area contributed by atoms with E-state index in [-0.39, 0.29) is 24.0 Å². The maximum atomic E-state index is 12.1. The molecule has 0 aromatic rings. The molecule has 0 spiro atoms. The minimum atomic E-state index is -0.0673. The third-order valence-electron chi connectivity index (χ3n) is 15.8. The van der Waals surface area contributed by atoms with Crippen LogP contribution in [0.5, 0.6) is 0 Å². The Bertz CT molecular complexity index is 2110. The van der Waals surface area contributed by atoms with E-state index in [1.165, 1.54) is 0 Å². The summed E-state index contributed by atoms with van der Waals surface area (Å²) >= 11 is 1.90. The summed E-state index contributed by atoms with van der Waals surface area (Å²) in [5.74, 6) is 0.985. The highest BCUT2D eigenvalue weighted by Crippen LogP contribution is 2.33. The normalized spacial score (nSPS) is 14.6. The Morgan fingerprint density at radius 3 is 0.767 bits per heavy atom. The monoisotopic (exact) mass is 1700 g/mol. The quantitative estimate of drug-likeness (QED) is 0.0258. The molecule has 3 atom stereocenters. The molecule has 42 heteroatoms. The van der Waals surface area contributed by atoms with Crippen LogP contribution >= 0.6 is 11.8 Å². The van der Waals surface area contributed by atoms with E-state index in [4.69, 9.17) is 148 Å². The molecule has 0 radical (unpaired) electrons. The minimum absolute atomic E-state index is 0.0348. The van der Waals surface area contributed by atoms with Crippen molar-refractivity contribution in [1.82, 2.24) is 20.9 Å². The molecule has 0 saturated carbocycles. The maximum absolute atomic E-state index is 12.1. The second-order valence-electron chi connectivity index (χ2n) is 24.7. The molecule has 3 amide bonds. The van der Waals surface area contributed by atoms with Crippen LogP contribution in [-0.4, -0.2) is 462 Å². The lowest BCUT2D eigenvalue weighted by Gasteiger charge is -2.22. The molecule has 0 aromatic carbocycles. The van der Waals surface area contributed by atoms with E-state index in [1.807, 2.05) is 11.8 Å². The van der Waals surface area contributed by atoms with Crippen molar-refractivity contribution < 1.29 is 147 Å². The fourth-order valence-electron chi connectivity index (χ4n) is 9.87. The van der Waals surface area contributed by atoms with Crippen LogP contribution in [0.15, 0.2) is 10.2 Å². The summed E-state index contributed by atoms with van der Waals surface area (Å²) in [7, 11) is 0. The van der Waals surface area contributed by atoms with E-state index in [1.54, 1.807) is 0 Å². The molecule has 0 aromatic heterocycles. The number of amides is 3. The summed E-state index contributed by atoms with van der Waals surface area (Å²) in [5, 5.41) is 16.1. The number of urea groups is 1. The van der Waals surface area contributed by atoms with Crippen molar-refractivity contribution in [1.29, 1.82) is 0 Å². The average molecular weight is 1700 g/mol. The fraction of sp³-hybridized carbons (Fsp3) is 0.973. The molecule has 3 N–H and O–H groups in total. The summed E-state index contributed by atoms with van der Waals surface area (Å²) in [6.45, 7) is 29.9. The van der Waals surface area contributed by atoms with Crippen molar-refractivity contribution in [3.8, 4) is 0 Å². The lowest BCUT2D eigenvalue weighted by atomic mass is 10.0. The van der Waals surface area contributed by atoms with Crippen molar-refractivity contribution in [3.63, 3.8) is 0 Å². The molecule has 2 aliphatic rings. The van der Waals surface area contributed by atoms with Gasteiger partial charge in [-0.2, -0.15) is 11.8 Å². The van der Waals surface area contributed by atoms with E-state index >= 15 is 0 Å². The molecule has 2 saturated heterocycles. The number of carbonyl (C=O) groups excluding carboxylic acids is 2. The van der Waals surface area contributed by atoms with Gasteiger partial charge in [-0.15, -0.1) is 0 Å². The first kappa shape index (κ1) is 109. The molecule has 0 aliphatic carbocycles. The molecular formula is C74H144N10O31S. The molecular weight excluding hydrogens is 1560 g/mol. The zero-order valence-corrected chi connectivity index (χ0v) is 70.0. The second kappa shape index (κ2) is 93.8. The molecule has 116 heavy (non-hydrogen) atoms. The highest BCUT2D eigenvalue weighted by atomic mass is 32.2. The van der Waals surface area contributed by atoms with Crippen LogP contribution in [0.3, 0.4) is 0 Å². The summed E-state index contributed by atoms with van der Waals surface area (Å²) in [6.07, 6.45) is 3.30. The predicted octanol–water partition coefficient (Wildman–Crippen LogP) is 2.23. The van der Waals surface area contributed by atoms with Crippen LogP contribution in [0.2, 0.25) is 0 Å². The van der Waals surface area contributed by atoms with Crippen molar-refractivity contribution in [2.24, 2.45) is 10.2 Å². The number of rotatable bonds is 101. The first-order valence-corrected chi connectivity index (χ1v) is 42.1. The molecule has 0 unspecified atom stereocenters. The van der Waals surface area contributed by atoms with Crippen LogP contribution < -0.4 is 16.0 Å². The number of unbranched alkanes of at least 4 members (excludes halogenated alkanes) is 1. The Labute approximate surface area is 691 Å². The van der Waals surface area contributed by atoms with Crippen LogP contribution in [0, 0.1) is 0 Å². The Hall–Kier alpha value is -3.49. The fourth-order valence-corrected chi connectivity index (χ4v) is 11.4. The standard InChI is InChI=1S/C74H144N10O31S/c75-82-78-6-12-88-18-24-93-26-20-90-14-8-84(9-15-91-21-27-94-25-19-89-13-7-79-83-76)10-16-92-22-28-96-30-32-98-34-36-100-38-40-102-42-44-104-46-48-106-50-52-108-54-56-110-58-60-112-62-64-114-66-68-115-67-65-113-63-61-111-59-57-109-55-53-107-51-49-105-47-45-103-43-41-101-39-37-99-35-33-97-31-29-95-23-17-87-11-5-77-72(85)4-2-1-3-71-73-70(69-116-71)80-74(86)81-73/h70-71,73H,1-69H2,(H,77,85)(H2,80,81,86)/t70-,71-,73-/m0/s1. The number of carbonyl (C=O) groups is 2. The van der Waals surface area contributed by atoms with E-state index in [0.717, 1.165) is 25.0 Å². The van der Waals surface area contributed by atoms with Gasteiger partial charge in [-0.3, -0.25) is 9.69 Å². The molecule has 0 bridgehead atoms. The van der Waals surface area contributed by atoms with Crippen LogP contribution in [-0.2, 0) is 142 Å². The van der Waals surface area contributed by atoms with Crippen LogP contribution in [0.4, 0.5) is 4.79 Å². The SMILES string of the molecule is [N-]=[N+]=NCCOCCOCCOCCN(CCOCCOCCOCCN=[N+]=[N-])CCOCCOCCOCCOCCOCCOCCOCCOCCOCCOCCOCCOCCOCCOCCOCCOCCOCCOCCOCCOCCOCCOCCOCCNC(=O)CCCC[C@@H]1SC[C@@H]2NC(=O)N[C@@H]21. The van der Waals surface area contributed by atoms with Gasteiger partial charge in [0.25, 0.3) is 0 Å². The topological polar surface area (TPSA) is 439 Å². The maximum Gasteiger partial charge on any atom is 0.315 e. The molecule has 2 aliphatic heterocycles. The Morgan fingerprint density at radius 1 is 0.319 bits per heavy atom. The summed E-state index contributed by atoms with van der Waals surface area (Å²) in [4.78, 5) is 31.2. The van der Waals surface area contributed by atoms with Gasteiger partial charge in [0.1, 0.15) is 0 Å². The number of hydrogen-bond donors (Lipinski definition) is 3. The van der Waals surface area contributed by atoms with Gasteiger partial charge in [0.05, 0.1) is 395 Å². The minimum Gasteiger partial charge on any atom is -0.379 e. The van der Waals surface area contributed by atoms with Gasteiger partial charge in [-0.05, 0) is 23.9 Å². The van der Waals surface area contributed by atoms with E-state index in [9.17, 15) is 9.59 Å². The van der Waals surface area contributed by atoms with Gasteiger partial charge in [0, 0.05) is 66.5 Å². The van der Waals surface area contributed by atoms with Crippen molar-refractivity contribution in [2.45, 2.75) is 43.0 Å². The average Bonchev–Trinajstić information content (AvgIpc) is 1.67. The molecule has 2 fully saturated rings. The number of ether oxygens (including phenoxy) is 29. The second-order valence-corrected chi connectivity index (χ2v) is 26.0. The molecule has 2 heterocycles. The van der Waals surface area contributed by atoms with Gasteiger partial charge in [0.15, 0.2) is 0 Å². The highest BCUT2D eigenvalue weighted by molar-refractivity contribution is 8.00. The number of fused-ring (bicyclic) bond motifs is 1. The molecule has 682 valence electrons. The number of nitrogens with zero attached hydrogens (tertiary/aromatic N) is 7. The number of azide groups is 2. The van der Waals surface area contributed by atoms with E-state index in [0.29, 0.717) is 434 Å². The van der Waals surface area contributed by atoms with E-state index < -0.39 is 0 Å². The first-order valence-electron chi connectivity index (χ1n) is 41.1. The van der Waals surface area contributed by atoms with Gasteiger partial charge < -0.3 is 153 Å². The van der Waals surface area contributed by atoms with Crippen LogP contribution in [0.25, 0.3) is 20.9 Å². The van der Waals surface area contributed by atoms with Crippen molar-refractivity contribution in [3.05, 3.63) is 20.9 Å². The number of thioether (sulfide) groups is 1. The van der Waals surface area contributed by atoms with E-state index in [2.05, 4.69) is 40.9 Å². The van der Waals surface area contributed by atoms with Crippen molar-refractivity contribution >= 4 is 23.7 Å². The largest absolute Gasteiger partial charge is 0.379 e. The number of nitrogens with one attached hydrogen (secondary N) is 3. The summed E-state index contributed by atoms with van der Waals surface area (Å²) < 4.78 is 161. The van der Waals surface area contributed by atoms with Crippen LogP contribution in [0.1, 0.15) is 25.7 Å². The highest BCUT2D eigenvalue weighted by Gasteiger charge is 2.42. The summed E-state index contributed by atoms with van der Waals surface area (Å²) in [6, 6.07) is 0.378. The Balaban J connectivity index is 1.15. The smallest absolute Gasteiger partial charge is 0.315 e.